The predicted molar refractivity (Wildman–Crippen MR) is 95.2 cm³/mol. The molecule has 0 aliphatic rings. The van der Waals surface area contributed by atoms with Gasteiger partial charge in [-0.15, -0.1) is 0 Å². The van der Waals surface area contributed by atoms with Gasteiger partial charge in [-0.25, -0.2) is 0 Å². The van der Waals surface area contributed by atoms with E-state index >= 15 is 0 Å². The number of halogens is 6. The maximum atomic E-state index is 12.7. The molecule has 0 heterocycles. The number of hydrogen-bond acceptors (Lipinski definition) is 9. The third-order valence-corrected chi connectivity index (χ3v) is 5.59. The summed E-state index contributed by atoms with van der Waals surface area (Å²) < 4.78 is 134. The second kappa shape index (κ2) is 8.93. The molecule has 32 heavy (non-hydrogen) atoms. The van der Waals surface area contributed by atoms with Crippen LogP contribution in [-0.4, -0.2) is 40.9 Å². The fraction of sp³-hybridized carbons (Fsp3) is 0.533. The number of rotatable bonds is 8. The van der Waals surface area contributed by atoms with Gasteiger partial charge in [0, 0.05) is 12.0 Å². The summed E-state index contributed by atoms with van der Waals surface area (Å²) in [7, 11) is -11.9. The number of benzene rings is 1. The molecule has 1 aromatic carbocycles. The largest absolute Gasteiger partial charge is 0.534 e. The summed E-state index contributed by atoms with van der Waals surface area (Å²) in [6.07, 6.45) is -0.733. The van der Waals surface area contributed by atoms with Gasteiger partial charge in [-0.1, -0.05) is 0 Å². The first-order valence-corrected chi connectivity index (χ1v) is 11.0. The van der Waals surface area contributed by atoms with Crippen LogP contribution < -0.4 is 14.1 Å². The Bertz CT molecular complexity index is 1070. The first-order chi connectivity index (χ1) is 14.1. The van der Waals surface area contributed by atoms with Crippen molar-refractivity contribution >= 4 is 26.2 Å². The zero-order valence-electron chi connectivity index (χ0n) is 16.5. The number of nitrogens with two attached hydrogens (primary N) is 1. The van der Waals surface area contributed by atoms with Crippen LogP contribution in [0.5, 0.6) is 11.5 Å². The van der Waals surface area contributed by atoms with Crippen molar-refractivity contribution < 1.29 is 61.1 Å². The van der Waals surface area contributed by atoms with Crippen molar-refractivity contribution in [3.8, 4) is 11.5 Å². The van der Waals surface area contributed by atoms with Crippen LogP contribution in [0.25, 0.3) is 0 Å². The molecule has 17 heteroatoms. The van der Waals surface area contributed by atoms with E-state index in [1.165, 1.54) is 13.8 Å². The first-order valence-electron chi connectivity index (χ1n) is 8.17. The summed E-state index contributed by atoms with van der Waals surface area (Å²) in [5, 5.41) is 0. The van der Waals surface area contributed by atoms with Gasteiger partial charge < -0.3 is 18.8 Å². The third-order valence-electron chi connectivity index (χ3n) is 3.66. The molecule has 0 atom stereocenters. The van der Waals surface area contributed by atoms with Crippen molar-refractivity contribution in [1.82, 2.24) is 0 Å². The molecule has 0 aliphatic heterocycles. The van der Waals surface area contributed by atoms with Crippen LogP contribution in [0.3, 0.4) is 0 Å². The number of esters is 1. The summed E-state index contributed by atoms with van der Waals surface area (Å²) >= 11 is 0. The van der Waals surface area contributed by atoms with Gasteiger partial charge in [0.05, 0.1) is 7.11 Å². The number of carbonyl (C=O) groups is 1. The van der Waals surface area contributed by atoms with Crippen molar-refractivity contribution in [2.75, 3.05) is 7.11 Å². The second-order valence-electron chi connectivity index (χ2n) is 6.72. The number of hydrogen-bond donors (Lipinski definition) is 1. The minimum absolute atomic E-state index is 0.146. The van der Waals surface area contributed by atoms with Gasteiger partial charge in [0.2, 0.25) is 0 Å². The maximum Gasteiger partial charge on any atom is 0.534 e. The maximum absolute atomic E-state index is 12.7. The van der Waals surface area contributed by atoms with Crippen molar-refractivity contribution in [2.24, 2.45) is 5.73 Å². The Morgan fingerprint density at radius 1 is 0.906 bits per heavy atom. The molecule has 1 aromatic rings. The van der Waals surface area contributed by atoms with E-state index in [0.29, 0.717) is 12.1 Å². The summed E-state index contributed by atoms with van der Waals surface area (Å²) in [6.45, 7) is 2.58. The molecular formula is C15H17F6NO8S2. The Kier molecular flexibility index (Phi) is 7.75. The van der Waals surface area contributed by atoms with Gasteiger partial charge in [-0.05, 0) is 43.5 Å². The van der Waals surface area contributed by atoms with E-state index in [9.17, 15) is 48.0 Å². The van der Waals surface area contributed by atoms with Gasteiger partial charge in [0.15, 0.2) is 11.5 Å². The number of carbonyl (C=O) groups excluding carboxylic acids is 1. The Balaban J connectivity index is 3.78. The highest BCUT2D eigenvalue weighted by atomic mass is 32.2. The number of aryl methyl sites for hydroxylation is 1. The van der Waals surface area contributed by atoms with Crippen molar-refractivity contribution in [3.63, 3.8) is 0 Å². The monoisotopic (exact) mass is 517 g/mol. The van der Waals surface area contributed by atoms with E-state index < -0.39 is 60.7 Å². The highest BCUT2D eigenvalue weighted by Crippen LogP contribution is 2.40. The number of ether oxygens (including phenoxy) is 1. The van der Waals surface area contributed by atoms with E-state index in [1.807, 2.05) is 0 Å². The van der Waals surface area contributed by atoms with Gasteiger partial charge in [-0.3, -0.25) is 4.79 Å². The van der Waals surface area contributed by atoms with Crippen LogP contribution in [0.2, 0.25) is 0 Å². The standard InChI is InChI=1S/C15H17F6NO8S2/c1-13(2,22)9-7-11(30-32(26,27)15(19,20)21)10(29-31(24,25)14(16,17)18)6-8(9)4-5-12(23)28-3/h6-7H,4-5,22H2,1-3H3. The van der Waals surface area contributed by atoms with E-state index in [4.69, 9.17) is 5.73 Å². The van der Waals surface area contributed by atoms with E-state index in [-0.39, 0.29) is 17.5 Å². The van der Waals surface area contributed by atoms with Crippen LogP contribution in [-0.2, 0) is 41.7 Å². The topological polar surface area (TPSA) is 139 Å². The lowest BCUT2D eigenvalue weighted by Gasteiger charge is -2.25. The first kappa shape index (κ1) is 27.8. The smallest absolute Gasteiger partial charge is 0.469 e. The molecule has 184 valence electrons. The highest BCUT2D eigenvalue weighted by Gasteiger charge is 2.51. The molecule has 0 amide bonds. The van der Waals surface area contributed by atoms with Gasteiger partial charge in [0.1, 0.15) is 0 Å². The molecule has 0 fully saturated rings. The fourth-order valence-electron chi connectivity index (χ4n) is 2.21. The van der Waals surface area contributed by atoms with Crippen LogP contribution in [0, 0.1) is 0 Å². The second-order valence-corrected chi connectivity index (χ2v) is 9.80. The zero-order chi connectivity index (χ0) is 25.3. The average molecular weight is 517 g/mol. The third kappa shape index (κ3) is 6.61. The Morgan fingerprint density at radius 3 is 1.66 bits per heavy atom. The molecule has 0 radical (unpaired) electrons. The van der Waals surface area contributed by atoms with Crippen LogP contribution >= 0.6 is 0 Å². The van der Waals surface area contributed by atoms with Crippen LogP contribution in [0.15, 0.2) is 12.1 Å². The van der Waals surface area contributed by atoms with Crippen LogP contribution in [0.4, 0.5) is 26.3 Å². The zero-order valence-corrected chi connectivity index (χ0v) is 18.1. The lowest BCUT2D eigenvalue weighted by atomic mass is 9.88. The quantitative estimate of drug-likeness (QED) is 0.238. The molecule has 0 aromatic heterocycles. The minimum Gasteiger partial charge on any atom is -0.469 e. The van der Waals surface area contributed by atoms with E-state index in [0.717, 1.165) is 7.11 Å². The number of alkyl halides is 6. The fourth-order valence-corrected chi connectivity index (χ4v) is 3.13. The molecule has 0 aliphatic carbocycles. The van der Waals surface area contributed by atoms with Gasteiger partial charge >= 0.3 is 37.2 Å². The normalized spacial score (nSPS) is 13.6. The molecule has 2 N–H and O–H groups in total. The molecule has 0 spiro atoms. The SMILES string of the molecule is COC(=O)CCc1cc(OS(=O)(=O)C(F)(F)F)c(OS(=O)(=O)C(F)(F)F)cc1C(C)(C)N. The number of methoxy groups -OCH3 is 1. The predicted octanol–water partition coefficient (Wildman–Crippen LogP) is 2.44. The van der Waals surface area contributed by atoms with Crippen LogP contribution in [0.1, 0.15) is 31.4 Å². The van der Waals surface area contributed by atoms with Crippen molar-refractivity contribution in [3.05, 3.63) is 23.3 Å². The Hall–Kier alpha value is -2.27. The lowest BCUT2D eigenvalue weighted by Crippen LogP contribution is -2.32. The summed E-state index contributed by atoms with van der Waals surface area (Å²) in [5.41, 5.74) is -7.92. The lowest BCUT2D eigenvalue weighted by molar-refractivity contribution is -0.140. The van der Waals surface area contributed by atoms with E-state index in [1.54, 1.807) is 0 Å². The molecule has 0 bridgehead atoms. The molecule has 9 nitrogen and oxygen atoms in total. The summed E-state index contributed by atoms with van der Waals surface area (Å²) in [4.78, 5) is 11.4. The molecular weight excluding hydrogens is 500 g/mol. The van der Waals surface area contributed by atoms with Gasteiger partial charge in [0.25, 0.3) is 0 Å². The molecule has 0 saturated carbocycles. The Labute approximate surface area is 178 Å². The molecule has 1 rings (SSSR count). The average Bonchev–Trinajstić information content (AvgIpc) is 2.57. The summed E-state index contributed by atoms with van der Waals surface area (Å²) in [5.74, 6) is -3.84. The van der Waals surface area contributed by atoms with Gasteiger partial charge in [-0.2, -0.15) is 43.2 Å². The molecule has 0 unspecified atom stereocenters. The molecule has 0 saturated heterocycles. The highest BCUT2D eigenvalue weighted by molar-refractivity contribution is 7.88. The minimum atomic E-state index is -6.44. The van der Waals surface area contributed by atoms with E-state index in [2.05, 4.69) is 13.1 Å². The van der Waals surface area contributed by atoms with Crippen molar-refractivity contribution in [1.29, 1.82) is 0 Å². The Morgan fingerprint density at radius 2 is 1.31 bits per heavy atom. The summed E-state index contributed by atoms with van der Waals surface area (Å²) in [6, 6.07) is 0.967. The van der Waals surface area contributed by atoms with Crippen molar-refractivity contribution in [2.45, 2.75) is 43.2 Å².